The summed E-state index contributed by atoms with van der Waals surface area (Å²) in [6, 6.07) is 23.8. The van der Waals surface area contributed by atoms with Gasteiger partial charge in [0.2, 0.25) is 6.29 Å². The Bertz CT molecular complexity index is 2860. The van der Waals surface area contributed by atoms with Crippen LogP contribution in [-0.2, 0) is 46.9 Å². The summed E-state index contributed by atoms with van der Waals surface area (Å²) in [6.45, 7) is 8.72. The quantitative estimate of drug-likeness (QED) is 0.0513. The van der Waals surface area contributed by atoms with Gasteiger partial charge < -0.3 is 38.0 Å². The van der Waals surface area contributed by atoms with Crippen molar-refractivity contribution in [3.05, 3.63) is 143 Å². The Kier molecular flexibility index (Phi) is 15.5. The molecule has 2 aliphatic heterocycles. The van der Waals surface area contributed by atoms with Crippen LogP contribution in [0, 0.1) is 17.6 Å². The summed E-state index contributed by atoms with van der Waals surface area (Å²) in [4.78, 5) is 65.2. The van der Waals surface area contributed by atoms with Crippen molar-refractivity contribution in [3.8, 4) is 17.2 Å². The molecular weight excluding hydrogens is 950 g/mol. The number of carbonyl (C=O) groups is 2. The molecule has 2 fully saturated rings. The number of piperazine rings is 1. The van der Waals surface area contributed by atoms with Gasteiger partial charge in [-0.1, -0.05) is 25.1 Å². The molecule has 4 aromatic carbocycles. The van der Waals surface area contributed by atoms with E-state index in [0.717, 1.165) is 43.6 Å². The van der Waals surface area contributed by atoms with Crippen LogP contribution in [-0.4, -0.2) is 103 Å². The molecule has 0 saturated carbocycles. The van der Waals surface area contributed by atoms with Gasteiger partial charge in [-0.15, -0.1) is 0 Å². The SMILES string of the molecule is CC[C@@H]([C@H](C)OC(=O)OC(C)OC(=O)Cc1ccc(OP(=O)(O)O)cc1)n1ncn(-c2ccc(N3CCN(c4ccc(OC[C@@H]5CO[C@@](Cn6cncn6)(c6ccc(F)cc6F)C5)cc4)CC3)cc2)c1=O. The molecule has 0 bridgehead atoms. The molecule has 71 heavy (non-hydrogen) atoms. The molecule has 0 amide bonds. The molecule has 2 N–H and O–H groups in total. The molecular formula is C48H53F2N8O12P. The van der Waals surface area contributed by atoms with Crippen molar-refractivity contribution in [1.29, 1.82) is 0 Å². The highest BCUT2D eigenvalue weighted by molar-refractivity contribution is 7.46. The fraction of sp³-hybridized carbons (Fsp3) is 0.375. The lowest BCUT2D eigenvalue weighted by molar-refractivity contribution is -0.168. The largest absolute Gasteiger partial charge is 0.524 e. The number of hydrogen-bond acceptors (Lipinski definition) is 15. The van der Waals surface area contributed by atoms with Gasteiger partial charge in [-0.3, -0.25) is 14.6 Å². The van der Waals surface area contributed by atoms with Crippen LogP contribution in [0.4, 0.5) is 25.0 Å². The number of phosphoric ester groups is 1. The third-order valence-electron chi connectivity index (χ3n) is 12.3. The van der Waals surface area contributed by atoms with Gasteiger partial charge in [-0.25, -0.2) is 41.8 Å². The van der Waals surface area contributed by atoms with Crippen LogP contribution in [0.15, 0.2) is 115 Å². The average molecular weight is 1000 g/mol. The minimum absolute atomic E-state index is 0.0534. The third-order valence-corrected chi connectivity index (χ3v) is 12.7. The Morgan fingerprint density at radius 1 is 0.845 bits per heavy atom. The summed E-state index contributed by atoms with van der Waals surface area (Å²) in [5.41, 5.74) is 1.89. The Hall–Kier alpha value is -7.13. The number of anilines is 2. The average Bonchev–Trinajstić information content (AvgIpc) is 4.10. The van der Waals surface area contributed by atoms with Gasteiger partial charge in [0.15, 0.2) is 0 Å². The minimum atomic E-state index is -4.73. The van der Waals surface area contributed by atoms with E-state index in [1.807, 2.05) is 55.5 Å². The number of hydrogen-bond donors (Lipinski definition) is 2. The van der Waals surface area contributed by atoms with Crippen molar-refractivity contribution in [2.24, 2.45) is 5.92 Å². The summed E-state index contributed by atoms with van der Waals surface area (Å²) < 4.78 is 76.8. The number of carbonyl (C=O) groups excluding carboxylic acids is 2. The highest BCUT2D eigenvalue weighted by atomic mass is 31.2. The summed E-state index contributed by atoms with van der Waals surface area (Å²) >= 11 is 0. The van der Waals surface area contributed by atoms with Crippen molar-refractivity contribution in [2.75, 3.05) is 49.2 Å². The number of benzene rings is 4. The Labute approximate surface area is 406 Å². The zero-order valence-electron chi connectivity index (χ0n) is 39.0. The van der Waals surface area contributed by atoms with Crippen LogP contribution in [0.2, 0.25) is 0 Å². The van der Waals surface area contributed by atoms with Gasteiger partial charge in [0.05, 0.1) is 37.9 Å². The van der Waals surface area contributed by atoms with Crippen LogP contribution >= 0.6 is 7.82 Å². The van der Waals surface area contributed by atoms with Crippen molar-refractivity contribution < 1.29 is 60.9 Å². The van der Waals surface area contributed by atoms with Crippen LogP contribution in [0.25, 0.3) is 5.69 Å². The molecule has 4 heterocycles. The van der Waals surface area contributed by atoms with Gasteiger partial charge >= 0.3 is 25.6 Å². The predicted octanol–water partition coefficient (Wildman–Crippen LogP) is 6.34. The number of halogens is 2. The van der Waals surface area contributed by atoms with E-state index in [4.69, 9.17) is 33.5 Å². The van der Waals surface area contributed by atoms with E-state index in [-0.39, 0.29) is 30.2 Å². The van der Waals surface area contributed by atoms with E-state index in [9.17, 15) is 23.3 Å². The fourth-order valence-corrected chi connectivity index (χ4v) is 9.24. The maximum absolute atomic E-state index is 15.1. The van der Waals surface area contributed by atoms with Crippen molar-refractivity contribution >= 4 is 31.3 Å². The second-order valence-electron chi connectivity index (χ2n) is 17.2. The predicted molar refractivity (Wildman–Crippen MR) is 251 cm³/mol. The van der Waals surface area contributed by atoms with Crippen molar-refractivity contribution in [2.45, 2.75) is 70.6 Å². The number of ether oxygens (including phenoxy) is 5. The zero-order chi connectivity index (χ0) is 50.3. The Balaban J connectivity index is 0.784. The Morgan fingerprint density at radius 2 is 1.49 bits per heavy atom. The molecule has 5 atom stereocenters. The fourth-order valence-electron chi connectivity index (χ4n) is 8.84. The monoisotopic (exact) mass is 1000 g/mol. The van der Waals surface area contributed by atoms with E-state index in [1.54, 1.807) is 11.6 Å². The second kappa shape index (κ2) is 21.9. The van der Waals surface area contributed by atoms with Gasteiger partial charge in [-0.05, 0) is 92.1 Å². The maximum atomic E-state index is 15.1. The molecule has 2 aliphatic rings. The van der Waals surface area contributed by atoms with Gasteiger partial charge in [0, 0.05) is 62.0 Å². The minimum Gasteiger partial charge on any atom is -0.493 e. The lowest BCUT2D eigenvalue weighted by atomic mass is 9.87. The number of rotatable bonds is 19. The summed E-state index contributed by atoms with van der Waals surface area (Å²) in [6.07, 6.45) is 1.65. The molecule has 8 rings (SSSR count). The van der Waals surface area contributed by atoms with Gasteiger partial charge in [0.25, 0.3) is 0 Å². The summed E-state index contributed by atoms with van der Waals surface area (Å²) in [5, 5.41) is 8.52. The Morgan fingerprint density at radius 3 is 2.11 bits per heavy atom. The lowest BCUT2D eigenvalue weighted by Crippen LogP contribution is -2.46. The van der Waals surface area contributed by atoms with Crippen molar-refractivity contribution in [1.82, 2.24) is 29.1 Å². The molecule has 2 aromatic heterocycles. The normalized spacial score (nSPS) is 18.4. The van der Waals surface area contributed by atoms with E-state index in [2.05, 4.69) is 29.5 Å². The van der Waals surface area contributed by atoms with Crippen LogP contribution in [0.1, 0.15) is 50.8 Å². The third kappa shape index (κ3) is 12.6. The maximum Gasteiger partial charge on any atom is 0.524 e. The lowest BCUT2D eigenvalue weighted by Gasteiger charge is -2.37. The van der Waals surface area contributed by atoms with E-state index >= 15 is 4.39 Å². The number of phosphoric acid groups is 1. The topological polar surface area (TPSA) is 224 Å². The van der Waals surface area contributed by atoms with Crippen LogP contribution in [0.5, 0.6) is 11.5 Å². The molecule has 20 nitrogen and oxygen atoms in total. The highest BCUT2D eigenvalue weighted by Gasteiger charge is 2.45. The van der Waals surface area contributed by atoms with E-state index in [0.29, 0.717) is 43.1 Å². The van der Waals surface area contributed by atoms with E-state index in [1.165, 1.54) is 71.6 Å². The van der Waals surface area contributed by atoms with Crippen molar-refractivity contribution in [3.63, 3.8) is 0 Å². The highest BCUT2D eigenvalue weighted by Crippen LogP contribution is 2.42. The summed E-state index contributed by atoms with van der Waals surface area (Å²) in [5.74, 6) is -1.51. The first kappa shape index (κ1) is 50.3. The standard InChI is InChI=1S/C48H53F2N8O12P/c1-4-44(32(2)67-47(61)69-33(3)68-45(59)23-34-5-14-41(15-6-34)70-71(62,63)64)58-46(60)57(31-53-58)39-10-8-37(9-11-39)54-19-21-55(22-20-54)38-12-16-40(17-13-38)65-26-35-25-48(66-27-35,28-56-30-51-29-52-56)42-18-7-36(49)24-43(42)50/h5-18,24,29-33,35,44H,4,19-23,25-28H2,1-3H3,(H2,62,63,64)/t32-,33?,35+,44-,48-/m0/s1. The number of esters is 1. The molecule has 376 valence electrons. The zero-order valence-corrected chi connectivity index (χ0v) is 39.9. The first-order valence-electron chi connectivity index (χ1n) is 22.9. The second-order valence-corrected chi connectivity index (χ2v) is 18.4. The van der Waals surface area contributed by atoms with Gasteiger partial charge in [0.1, 0.15) is 53.8 Å². The molecule has 1 unspecified atom stereocenters. The molecule has 0 aliphatic carbocycles. The molecule has 0 spiro atoms. The molecule has 0 radical (unpaired) electrons. The van der Waals surface area contributed by atoms with Gasteiger partial charge in [-0.2, -0.15) is 10.2 Å². The number of aromatic nitrogens is 6. The molecule has 23 heteroatoms. The molecule has 6 aromatic rings. The smallest absolute Gasteiger partial charge is 0.493 e. The number of nitrogens with zero attached hydrogens (tertiary/aromatic N) is 8. The first-order chi connectivity index (χ1) is 34.0. The van der Waals surface area contributed by atoms with Crippen LogP contribution < -0.4 is 24.8 Å². The van der Waals surface area contributed by atoms with Crippen LogP contribution in [0.3, 0.4) is 0 Å². The first-order valence-corrected chi connectivity index (χ1v) is 24.4. The molecule has 2 saturated heterocycles. The summed E-state index contributed by atoms with van der Waals surface area (Å²) in [7, 11) is -4.73. The van der Waals surface area contributed by atoms with E-state index < -0.39 is 61.3 Å².